The van der Waals surface area contributed by atoms with Crippen LogP contribution in [0.5, 0.6) is 0 Å². The Bertz CT molecular complexity index is 491. The molecule has 2 atom stereocenters. The number of nitrogens with zero attached hydrogens (tertiary/aromatic N) is 4. The summed E-state index contributed by atoms with van der Waals surface area (Å²) in [4.78, 5) is 8.40. The van der Waals surface area contributed by atoms with Crippen LogP contribution in [0.1, 0.15) is 32.1 Å². The first-order chi connectivity index (χ1) is 8.13. The molecule has 0 amide bonds. The van der Waals surface area contributed by atoms with Crippen molar-refractivity contribution in [3.05, 3.63) is 18.3 Å². The molecule has 92 valence electrons. The molecule has 0 radical (unpaired) electrons. The summed E-state index contributed by atoms with van der Waals surface area (Å²) in [7, 11) is 1.86. The number of imidazole rings is 1. The van der Waals surface area contributed by atoms with E-state index < -0.39 is 6.10 Å². The summed E-state index contributed by atoms with van der Waals surface area (Å²) in [6, 6.07) is 0. The van der Waals surface area contributed by atoms with E-state index in [4.69, 9.17) is 4.52 Å². The molecule has 2 unspecified atom stereocenters. The molecule has 0 saturated heterocycles. The van der Waals surface area contributed by atoms with Gasteiger partial charge in [0.25, 0.3) is 0 Å². The van der Waals surface area contributed by atoms with Crippen LogP contribution in [0, 0.1) is 0 Å². The van der Waals surface area contributed by atoms with Gasteiger partial charge >= 0.3 is 0 Å². The first-order valence-electron chi connectivity index (χ1n) is 5.62. The maximum absolute atomic E-state index is 9.73. The average molecular weight is 236 g/mol. The monoisotopic (exact) mass is 236 g/mol. The normalized spacial score (nSPS) is 14.8. The summed E-state index contributed by atoms with van der Waals surface area (Å²) < 4.78 is 6.97. The molecule has 0 saturated carbocycles. The Morgan fingerprint density at radius 1 is 1.53 bits per heavy atom. The van der Waals surface area contributed by atoms with Gasteiger partial charge in [0.1, 0.15) is 0 Å². The van der Waals surface area contributed by atoms with E-state index >= 15 is 0 Å². The molecule has 6 nitrogen and oxygen atoms in total. The van der Waals surface area contributed by atoms with Gasteiger partial charge in [-0.3, -0.25) is 0 Å². The highest BCUT2D eigenvalue weighted by Gasteiger charge is 2.22. The predicted octanol–water partition coefficient (Wildman–Crippen LogP) is 1.34. The van der Waals surface area contributed by atoms with E-state index in [1.165, 1.54) is 0 Å². The quantitative estimate of drug-likeness (QED) is 0.866. The lowest BCUT2D eigenvalue weighted by molar-refractivity contribution is 0.129. The number of hydrogen-bond donors (Lipinski definition) is 1. The minimum atomic E-state index is -0.468. The van der Waals surface area contributed by atoms with E-state index in [1.807, 2.05) is 31.7 Å². The molecule has 0 aliphatic carbocycles. The molecule has 0 fully saturated rings. The van der Waals surface area contributed by atoms with Crippen LogP contribution in [0.25, 0.3) is 11.6 Å². The zero-order chi connectivity index (χ0) is 12.4. The van der Waals surface area contributed by atoms with Gasteiger partial charge in [-0.05, 0) is 6.42 Å². The van der Waals surface area contributed by atoms with E-state index in [2.05, 4.69) is 15.1 Å². The van der Waals surface area contributed by atoms with Gasteiger partial charge in [0.15, 0.2) is 5.82 Å². The molecule has 6 heteroatoms. The topological polar surface area (TPSA) is 77.0 Å². The predicted molar refractivity (Wildman–Crippen MR) is 61.2 cm³/mol. The molecule has 2 aromatic rings. The number of aliphatic hydroxyl groups excluding tert-OH is 1. The van der Waals surface area contributed by atoms with Gasteiger partial charge in [-0.2, -0.15) is 4.98 Å². The van der Waals surface area contributed by atoms with E-state index in [0.717, 1.165) is 0 Å². The molecule has 2 heterocycles. The van der Waals surface area contributed by atoms with E-state index in [9.17, 15) is 5.11 Å². The van der Waals surface area contributed by atoms with Crippen LogP contribution in [-0.4, -0.2) is 30.9 Å². The van der Waals surface area contributed by atoms with Gasteiger partial charge in [0, 0.05) is 19.4 Å². The molecular weight excluding hydrogens is 220 g/mol. The van der Waals surface area contributed by atoms with Crippen molar-refractivity contribution < 1.29 is 9.63 Å². The van der Waals surface area contributed by atoms with E-state index in [1.54, 1.807) is 6.20 Å². The summed E-state index contributed by atoms with van der Waals surface area (Å²) in [5.41, 5.74) is 0. The average Bonchev–Trinajstić information content (AvgIpc) is 2.95. The SMILES string of the molecule is CCC(O)C(C)c1nc(-c2nccn2C)no1. The molecule has 0 bridgehead atoms. The van der Waals surface area contributed by atoms with Crippen LogP contribution in [-0.2, 0) is 7.05 Å². The molecule has 0 aliphatic heterocycles. The Morgan fingerprint density at radius 2 is 2.29 bits per heavy atom. The maximum atomic E-state index is 9.73. The second kappa shape index (κ2) is 4.67. The van der Waals surface area contributed by atoms with Gasteiger partial charge < -0.3 is 14.2 Å². The second-order valence-electron chi connectivity index (χ2n) is 4.08. The Hall–Kier alpha value is -1.69. The Labute approximate surface area is 99.3 Å². The van der Waals surface area contributed by atoms with Crippen LogP contribution in [0.2, 0.25) is 0 Å². The molecule has 0 aliphatic rings. The highest BCUT2D eigenvalue weighted by atomic mass is 16.5. The van der Waals surface area contributed by atoms with Crippen molar-refractivity contribution in [1.82, 2.24) is 19.7 Å². The fourth-order valence-corrected chi connectivity index (χ4v) is 1.61. The molecule has 2 aromatic heterocycles. The number of hydrogen-bond acceptors (Lipinski definition) is 5. The van der Waals surface area contributed by atoms with E-state index in [0.29, 0.717) is 24.0 Å². The molecular formula is C11H16N4O2. The highest BCUT2D eigenvalue weighted by Crippen LogP contribution is 2.21. The first-order valence-corrected chi connectivity index (χ1v) is 5.62. The molecule has 17 heavy (non-hydrogen) atoms. The summed E-state index contributed by atoms with van der Waals surface area (Å²) in [6.45, 7) is 3.78. The van der Waals surface area contributed by atoms with Crippen molar-refractivity contribution >= 4 is 0 Å². The zero-order valence-electron chi connectivity index (χ0n) is 10.2. The number of aryl methyl sites for hydroxylation is 1. The van der Waals surface area contributed by atoms with Crippen molar-refractivity contribution in [2.24, 2.45) is 7.05 Å². The fraction of sp³-hybridized carbons (Fsp3) is 0.545. The second-order valence-corrected chi connectivity index (χ2v) is 4.08. The Balaban J connectivity index is 2.25. The van der Waals surface area contributed by atoms with Crippen LogP contribution in [0.15, 0.2) is 16.9 Å². The number of aromatic nitrogens is 4. The van der Waals surface area contributed by atoms with Crippen molar-refractivity contribution in [2.45, 2.75) is 32.3 Å². The molecule has 2 rings (SSSR count). The van der Waals surface area contributed by atoms with Crippen LogP contribution >= 0.6 is 0 Å². The summed E-state index contributed by atoms with van der Waals surface area (Å²) in [5, 5.41) is 13.6. The maximum Gasteiger partial charge on any atom is 0.238 e. The standard InChI is InChI=1S/C11H16N4O2/c1-4-8(16)7(2)11-13-9(14-17-11)10-12-5-6-15(10)3/h5-8,16H,4H2,1-3H3. The van der Waals surface area contributed by atoms with Crippen molar-refractivity contribution in [1.29, 1.82) is 0 Å². The van der Waals surface area contributed by atoms with Gasteiger partial charge in [-0.25, -0.2) is 4.98 Å². The third kappa shape index (κ3) is 2.21. The Kier molecular flexibility index (Phi) is 3.23. The largest absolute Gasteiger partial charge is 0.392 e. The van der Waals surface area contributed by atoms with E-state index in [-0.39, 0.29) is 5.92 Å². The molecule has 0 spiro atoms. The van der Waals surface area contributed by atoms with Gasteiger partial charge in [-0.15, -0.1) is 0 Å². The first kappa shape index (κ1) is 11.8. The van der Waals surface area contributed by atoms with Crippen LogP contribution in [0.3, 0.4) is 0 Å². The lowest BCUT2D eigenvalue weighted by Crippen LogP contribution is -2.14. The van der Waals surface area contributed by atoms with Crippen molar-refractivity contribution in [2.75, 3.05) is 0 Å². The highest BCUT2D eigenvalue weighted by molar-refractivity contribution is 5.42. The smallest absolute Gasteiger partial charge is 0.238 e. The van der Waals surface area contributed by atoms with Crippen molar-refractivity contribution in [3.63, 3.8) is 0 Å². The number of aliphatic hydroxyl groups is 1. The lowest BCUT2D eigenvalue weighted by Gasteiger charge is -2.11. The Morgan fingerprint density at radius 3 is 2.88 bits per heavy atom. The van der Waals surface area contributed by atoms with Crippen molar-refractivity contribution in [3.8, 4) is 11.6 Å². The molecule has 0 aromatic carbocycles. The molecule has 1 N–H and O–H groups in total. The third-order valence-corrected chi connectivity index (χ3v) is 2.85. The zero-order valence-corrected chi connectivity index (χ0v) is 10.2. The number of rotatable bonds is 4. The van der Waals surface area contributed by atoms with Gasteiger partial charge in [0.05, 0.1) is 12.0 Å². The summed E-state index contributed by atoms with van der Waals surface area (Å²) >= 11 is 0. The fourth-order valence-electron chi connectivity index (χ4n) is 1.61. The van der Waals surface area contributed by atoms with Gasteiger partial charge in [-0.1, -0.05) is 19.0 Å². The third-order valence-electron chi connectivity index (χ3n) is 2.85. The summed E-state index contributed by atoms with van der Waals surface area (Å²) in [6.07, 6.45) is 3.68. The lowest BCUT2D eigenvalue weighted by atomic mass is 10.0. The van der Waals surface area contributed by atoms with Crippen LogP contribution in [0.4, 0.5) is 0 Å². The summed E-state index contributed by atoms with van der Waals surface area (Å²) in [5.74, 6) is 1.37. The van der Waals surface area contributed by atoms with Gasteiger partial charge in [0.2, 0.25) is 11.7 Å². The van der Waals surface area contributed by atoms with Crippen LogP contribution < -0.4 is 0 Å². The minimum absolute atomic E-state index is 0.165. The minimum Gasteiger partial charge on any atom is -0.392 e.